The van der Waals surface area contributed by atoms with E-state index in [0.29, 0.717) is 5.92 Å². The molecule has 3 aromatic rings. The predicted octanol–water partition coefficient (Wildman–Crippen LogP) is 5.26. The van der Waals surface area contributed by atoms with E-state index in [1.54, 1.807) is 12.3 Å². The Morgan fingerprint density at radius 2 is 1.88 bits per heavy atom. The van der Waals surface area contributed by atoms with Gasteiger partial charge in [-0.15, -0.1) is 0 Å². The van der Waals surface area contributed by atoms with Crippen molar-refractivity contribution in [1.82, 2.24) is 9.97 Å². The zero-order valence-electron chi connectivity index (χ0n) is 14.2. The molecule has 1 aromatic carbocycles. The van der Waals surface area contributed by atoms with Crippen LogP contribution in [0.1, 0.15) is 30.7 Å². The summed E-state index contributed by atoms with van der Waals surface area (Å²) in [5, 5.41) is 3.02. The van der Waals surface area contributed by atoms with Crippen molar-refractivity contribution in [2.45, 2.75) is 25.2 Å². The minimum atomic E-state index is -0.106. The molecule has 1 saturated carbocycles. The molecule has 3 nitrogen and oxygen atoms in total. The smallest absolute Gasteiger partial charge is 0.126 e. The van der Waals surface area contributed by atoms with Crippen LogP contribution in [0.25, 0.3) is 22.4 Å². The van der Waals surface area contributed by atoms with E-state index in [1.807, 2.05) is 49.6 Å². The van der Waals surface area contributed by atoms with Gasteiger partial charge >= 0.3 is 0 Å². The number of aromatic nitrogens is 2. The first-order valence-electron chi connectivity index (χ1n) is 8.65. The minimum absolute atomic E-state index is 0.106. The predicted molar refractivity (Wildman–Crippen MR) is 99.0 cm³/mol. The maximum absolute atomic E-state index is 14.2. The van der Waals surface area contributed by atoms with Gasteiger partial charge in [-0.2, -0.15) is 0 Å². The summed E-state index contributed by atoms with van der Waals surface area (Å²) in [6.45, 7) is 0. The second kappa shape index (κ2) is 6.63. The third kappa shape index (κ3) is 3.00. The monoisotopic (exact) mass is 333 g/mol. The van der Waals surface area contributed by atoms with Gasteiger partial charge in [-0.3, -0.25) is 4.98 Å². The maximum atomic E-state index is 14.2. The van der Waals surface area contributed by atoms with Crippen molar-refractivity contribution in [2.75, 3.05) is 12.4 Å². The molecule has 1 aliphatic carbocycles. The van der Waals surface area contributed by atoms with E-state index in [1.165, 1.54) is 6.42 Å². The Balaban J connectivity index is 1.78. The van der Waals surface area contributed by atoms with Crippen molar-refractivity contribution in [3.05, 3.63) is 66.2 Å². The Morgan fingerprint density at radius 3 is 2.56 bits per heavy atom. The minimum Gasteiger partial charge on any atom is -0.373 e. The van der Waals surface area contributed by atoms with Gasteiger partial charge < -0.3 is 5.32 Å². The zero-order chi connectivity index (χ0) is 17.2. The third-order valence-corrected chi connectivity index (χ3v) is 4.95. The molecular formula is C21H20FN3. The van der Waals surface area contributed by atoms with Gasteiger partial charge in [0.05, 0.1) is 5.69 Å². The number of hydrogen-bond acceptors (Lipinski definition) is 3. The third-order valence-electron chi connectivity index (χ3n) is 4.95. The normalized spacial score (nSPS) is 14.2. The van der Waals surface area contributed by atoms with Crippen LogP contribution in [-0.4, -0.2) is 17.0 Å². The van der Waals surface area contributed by atoms with E-state index in [0.717, 1.165) is 46.6 Å². The van der Waals surface area contributed by atoms with E-state index in [4.69, 9.17) is 0 Å². The molecule has 2 heterocycles. The van der Waals surface area contributed by atoms with Gasteiger partial charge in [0.25, 0.3) is 0 Å². The lowest BCUT2D eigenvalue weighted by molar-refractivity contribution is 0.404. The summed E-state index contributed by atoms with van der Waals surface area (Å²) in [6.07, 6.45) is 6.95. The average molecular weight is 333 g/mol. The molecule has 0 bridgehead atoms. The molecule has 25 heavy (non-hydrogen) atoms. The van der Waals surface area contributed by atoms with Crippen molar-refractivity contribution in [3.8, 4) is 22.4 Å². The van der Waals surface area contributed by atoms with Gasteiger partial charge in [-0.1, -0.05) is 12.5 Å². The first-order chi connectivity index (χ1) is 12.3. The van der Waals surface area contributed by atoms with Crippen molar-refractivity contribution in [3.63, 3.8) is 0 Å². The van der Waals surface area contributed by atoms with Crippen LogP contribution in [0.3, 0.4) is 0 Å². The van der Waals surface area contributed by atoms with Crippen LogP contribution in [0.5, 0.6) is 0 Å². The topological polar surface area (TPSA) is 37.8 Å². The first-order valence-corrected chi connectivity index (χ1v) is 8.65. The molecule has 0 aliphatic heterocycles. The summed E-state index contributed by atoms with van der Waals surface area (Å²) in [7, 11) is 1.85. The summed E-state index contributed by atoms with van der Waals surface area (Å²) in [6, 6.07) is 13.3. The van der Waals surface area contributed by atoms with Crippen LogP contribution in [0, 0.1) is 5.82 Å². The number of pyridine rings is 2. The first kappa shape index (κ1) is 15.8. The second-order valence-electron chi connectivity index (χ2n) is 6.45. The van der Waals surface area contributed by atoms with Crippen LogP contribution in [-0.2, 0) is 0 Å². The van der Waals surface area contributed by atoms with Crippen molar-refractivity contribution in [2.24, 2.45) is 0 Å². The van der Waals surface area contributed by atoms with Crippen molar-refractivity contribution < 1.29 is 4.39 Å². The van der Waals surface area contributed by atoms with Crippen LogP contribution in [0.4, 0.5) is 10.2 Å². The second-order valence-corrected chi connectivity index (χ2v) is 6.45. The number of rotatable bonds is 4. The summed E-state index contributed by atoms with van der Waals surface area (Å²) in [4.78, 5) is 8.97. The van der Waals surface area contributed by atoms with Crippen LogP contribution in [0.15, 0.2) is 54.9 Å². The Labute approximate surface area is 147 Å². The number of anilines is 1. The summed E-state index contributed by atoms with van der Waals surface area (Å²) >= 11 is 0. The average Bonchev–Trinajstić information content (AvgIpc) is 2.62. The fourth-order valence-corrected chi connectivity index (χ4v) is 3.29. The van der Waals surface area contributed by atoms with E-state index in [2.05, 4.69) is 15.3 Å². The number of nitrogens with one attached hydrogen (secondary N) is 1. The molecule has 0 atom stereocenters. The number of hydrogen-bond donors (Lipinski definition) is 1. The molecule has 4 rings (SSSR count). The Bertz CT molecular complexity index is 886. The van der Waals surface area contributed by atoms with Gasteiger partial charge in [0.15, 0.2) is 0 Å². The Morgan fingerprint density at radius 1 is 1.04 bits per heavy atom. The summed E-state index contributed by atoms with van der Waals surface area (Å²) < 4.78 is 14.2. The van der Waals surface area contributed by atoms with E-state index < -0.39 is 0 Å². The lowest BCUT2D eigenvalue weighted by Gasteiger charge is -2.26. The van der Waals surface area contributed by atoms with Crippen molar-refractivity contribution in [1.29, 1.82) is 0 Å². The molecule has 0 spiro atoms. The molecule has 0 amide bonds. The molecule has 1 N–H and O–H groups in total. The lowest BCUT2D eigenvalue weighted by Crippen LogP contribution is -2.10. The van der Waals surface area contributed by atoms with Gasteiger partial charge in [-0.25, -0.2) is 9.37 Å². The van der Waals surface area contributed by atoms with Gasteiger partial charge in [-0.05, 0) is 60.7 Å². The van der Waals surface area contributed by atoms with E-state index in [9.17, 15) is 4.39 Å². The standard InChI is InChI=1S/C21H20FN3/c1-23-20-10-8-16(13-25-20)17-6-3-11-24-21(17)15-7-9-19(22)18(12-15)14-4-2-5-14/h3,6-14H,2,4-5H2,1H3,(H,23,25). The summed E-state index contributed by atoms with van der Waals surface area (Å²) in [5.41, 5.74) is 4.64. The molecule has 126 valence electrons. The zero-order valence-corrected chi connectivity index (χ0v) is 14.2. The molecule has 2 aromatic heterocycles. The Hall–Kier alpha value is -2.75. The SMILES string of the molecule is CNc1ccc(-c2cccnc2-c2ccc(F)c(C3CCC3)c2)cn1. The van der Waals surface area contributed by atoms with E-state index >= 15 is 0 Å². The molecule has 0 unspecified atom stereocenters. The van der Waals surface area contributed by atoms with Crippen LogP contribution in [0.2, 0.25) is 0 Å². The molecule has 1 fully saturated rings. The van der Waals surface area contributed by atoms with Crippen molar-refractivity contribution >= 4 is 5.82 Å². The van der Waals surface area contributed by atoms with Gasteiger partial charge in [0, 0.05) is 36.1 Å². The quantitative estimate of drug-likeness (QED) is 0.708. The van der Waals surface area contributed by atoms with Crippen LogP contribution >= 0.6 is 0 Å². The highest BCUT2D eigenvalue weighted by atomic mass is 19.1. The van der Waals surface area contributed by atoms with Crippen LogP contribution < -0.4 is 5.32 Å². The largest absolute Gasteiger partial charge is 0.373 e. The fraction of sp³-hybridized carbons (Fsp3) is 0.238. The van der Waals surface area contributed by atoms with Gasteiger partial charge in [0.2, 0.25) is 0 Å². The molecule has 1 aliphatic rings. The molecule has 4 heteroatoms. The number of nitrogens with zero attached hydrogens (tertiary/aromatic N) is 2. The maximum Gasteiger partial charge on any atom is 0.126 e. The highest BCUT2D eigenvalue weighted by Gasteiger charge is 2.23. The highest BCUT2D eigenvalue weighted by Crippen LogP contribution is 2.40. The van der Waals surface area contributed by atoms with E-state index in [-0.39, 0.29) is 5.82 Å². The number of benzene rings is 1. The fourth-order valence-electron chi connectivity index (χ4n) is 3.29. The molecule has 0 radical (unpaired) electrons. The molecular weight excluding hydrogens is 313 g/mol. The Kier molecular flexibility index (Phi) is 4.18. The molecule has 0 saturated heterocycles. The van der Waals surface area contributed by atoms with Gasteiger partial charge in [0.1, 0.15) is 11.6 Å². The summed E-state index contributed by atoms with van der Waals surface area (Å²) in [5.74, 6) is 1.07. The lowest BCUT2D eigenvalue weighted by atomic mass is 9.79. The number of halogens is 1. The highest BCUT2D eigenvalue weighted by molar-refractivity contribution is 5.80.